The summed E-state index contributed by atoms with van der Waals surface area (Å²) in [6, 6.07) is 0. The van der Waals surface area contributed by atoms with Crippen LogP contribution in [-0.4, -0.2) is 24.2 Å². The first kappa shape index (κ1) is 11.0. The molecule has 0 spiro atoms. The number of aliphatic carboxylic acids is 1. The zero-order valence-corrected chi connectivity index (χ0v) is 8.06. The van der Waals surface area contributed by atoms with E-state index in [0.29, 0.717) is 12.8 Å². The van der Waals surface area contributed by atoms with E-state index in [9.17, 15) is 9.59 Å². The number of hydrogen-bond acceptors (Lipinski definition) is 4. The molecule has 0 aromatic carbocycles. The molecule has 1 aliphatic carbocycles. The van der Waals surface area contributed by atoms with Crippen LogP contribution in [0.4, 0.5) is 0 Å². The highest BCUT2D eigenvalue weighted by molar-refractivity contribution is 5.81. The van der Waals surface area contributed by atoms with Gasteiger partial charge in [-0.1, -0.05) is 12.8 Å². The van der Waals surface area contributed by atoms with Crippen LogP contribution in [-0.2, 0) is 19.4 Å². The summed E-state index contributed by atoms with van der Waals surface area (Å²) in [5, 5.41) is 8.88. The fourth-order valence-electron chi connectivity index (χ4n) is 1.85. The highest BCUT2D eigenvalue weighted by Gasteiger charge is 2.37. The molecule has 14 heavy (non-hydrogen) atoms. The Morgan fingerprint density at radius 1 is 1.21 bits per heavy atom. The first-order chi connectivity index (χ1) is 6.66. The average molecular weight is 202 g/mol. The van der Waals surface area contributed by atoms with Crippen LogP contribution in [0.2, 0.25) is 0 Å². The van der Waals surface area contributed by atoms with Gasteiger partial charge in [-0.2, -0.15) is 4.89 Å². The monoisotopic (exact) mass is 202 g/mol. The maximum atomic E-state index is 11.3. The highest BCUT2D eigenvalue weighted by Crippen LogP contribution is 2.31. The lowest BCUT2D eigenvalue weighted by molar-refractivity contribution is -0.261. The Morgan fingerprint density at radius 2 is 1.79 bits per heavy atom. The molecular weight excluding hydrogens is 188 g/mol. The molecular formula is C9H14O5. The Bertz CT molecular complexity index is 225. The maximum Gasteiger partial charge on any atom is 0.346 e. The predicted molar refractivity (Wildman–Crippen MR) is 46.2 cm³/mol. The van der Waals surface area contributed by atoms with Gasteiger partial charge in [0.05, 0.1) is 18.9 Å². The third kappa shape index (κ3) is 2.45. The van der Waals surface area contributed by atoms with Crippen molar-refractivity contribution in [3.05, 3.63) is 0 Å². The molecule has 5 nitrogen and oxygen atoms in total. The van der Waals surface area contributed by atoms with Crippen molar-refractivity contribution >= 4 is 11.9 Å². The second kappa shape index (κ2) is 4.95. The molecule has 2 unspecified atom stereocenters. The van der Waals surface area contributed by atoms with Crippen LogP contribution in [0.25, 0.3) is 0 Å². The number of carbonyl (C=O) groups excluding carboxylic acids is 1. The summed E-state index contributed by atoms with van der Waals surface area (Å²) in [6.07, 6.45) is 2.83. The van der Waals surface area contributed by atoms with Crippen LogP contribution in [0.5, 0.6) is 0 Å². The van der Waals surface area contributed by atoms with E-state index in [2.05, 4.69) is 9.78 Å². The van der Waals surface area contributed by atoms with Gasteiger partial charge < -0.3 is 5.11 Å². The minimum atomic E-state index is -0.928. The Kier molecular flexibility index (Phi) is 3.88. The van der Waals surface area contributed by atoms with Crippen LogP contribution < -0.4 is 0 Å². The summed E-state index contributed by atoms with van der Waals surface area (Å²) < 4.78 is 0. The van der Waals surface area contributed by atoms with Crippen LogP contribution in [0.3, 0.4) is 0 Å². The van der Waals surface area contributed by atoms with Gasteiger partial charge in [0, 0.05) is 0 Å². The van der Waals surface area contributed by atoms with E-state index in [1.165, 1.54) is 7.11 Å². The zero-order valence-electron chi connectivity index (χ0n) is 8.06. The van der Waals surface area contributed by atoms with Crippen LogP contribution in [0, 0.1) is 11.8 Å². The Labute approximate surface area is 81.9 Å². The molecule has 1 fully saturated rings. The number of hydrogen-bond donors (Lipinski definition) is 1. The molecule has 2 atom stereocenters. The van der Waals surface area contributed by atoms with Gasteiger partial charge in [-0.3, -0.25) is 9.68 Å². The number of carboxylic acid groups (broad SMARTS) is 1. The van der Waals surface area contributed by atoms with E-state index < -0.39 is 23.8 Å². The highest BCUT2D eigenvalue weighted by atomic mass is 17.2. The fraction of sp³-hybridized carbons (Fsp3) is 0.778. The molecule has 0 aromatic heterocycles. The molecule has 0 amide bonds. The van der Waals surface area contributed by atoms with Crippen molar-refractivity contribution in [2.45, 2.75) is 25.7 Å². The van der Waals surface area contributed by atoms with Crippen molar-refractivity contribution in [1.29, 1.82) is 0 Å². The summed E-state index contributed by atoms with van der Waals surface area (Å²) in [5.41, 5.74) is 0. The van der Waals surface area contributed by atoms with E-state index in [-0.39, 0.29) is 0 Å². The first-order valence-corrected chi connectivity index (χ1v) is 4.64. The minimum Gasteiger partial charge on any atom is -0.481 e. The van der Waals surface area contributed by atoms with Crippen LogP contribution >= 0.6 is 0 Å². The lowest BCUT2D eigenvalue weighted by Gasteiger charge is -2.25. The van der Waals surface area contributed by atoms with E-state index in [0.717, 1.165) is 12.8 Å². The Hall–Kier alpha value is -1.10. The van der Waals surface area contributed by atoms with Crippen molar-refractivity contribution < 1.29 is 24.5 Å². The number of carboxylic acids is 1. The predicted octanol–water partition coefficient (Wildman–Crippen LogP) is 0.982. The van der Waals surface area contributed by atoms with Gasteiger partial charge in [-0.05, 0) is 12.8 Å². The summed E-state index contributed by atoms with van der Waals surface area (Å²) in [6.45, 7) is 0. The molecule has 0 aliphatic heterocycles. The second-order valence-electron chi connectivity index (χ2n) is 3.40. The smallest absolute Gasteiger partial charge is 0.346 e. The molecule has 1 saturated carbocycles. The van der Waals surface area contributed by atoms with Gasteiger partial charge in [0.1, 0.15) is 0 Å². The topological polar surface area (TPSA) is 72.8 Å². The Balaban J connectivity index is 2.62. The lowest BCUT2D eigenvalue weighted by Crippen LogP contribution is -2.33. The van der Waals surface area contributed by atoms with Gasteiger partial charge in [0.2, 0.25) is 0 Å². The molecule has 1 aliphatic rings. The molecule has 0 radical (unpaired) electrons. The van der Waals surface area contributed by atoms with E-state index in [4.69, 9.17) is 5.11 Å². The van der Waals surface area contributed by atoms with Crippen LogP contribution in [0.1, 0.15) is 25.7 Å². The molecule has 5 heteroatoms. The fourth-order valence-corrected chi connectivity index (χ4v) is 1.85. The van der Waals surface area contributed by atoms with Crippen molar-refractivity contribution in [3.63, 3.8) is 0 Å². The standard InChI is InChI=1S/C9H14O5/c1-13-14-9(12)7-5-3-2-4-6(7)8(10)11/h6-7H,2-5H2,1H3,(H,10,11). The number of carbonyl (C=O) groups is 2. The normalized spacial score (nSPS) is 26.9. The summed E-state index contributed by atoms with van der Waals surface area (Å²) in [5.74, 6) is -2.67. The van der Waals surface area contributed by atoms with E-state index in [1.54, 1.807) is 0 Å². The number of rotatable bonds is 3. The van der Waals surface area contributed by atoms with Gasteiger partial charge in [0.15, 0.2) is 0 Å². The van der Waals surface area contributed by atoms with Gasteiger partial charge in [-0.15, -0.1) is 0 Å². The van der Waals surface area contributed by atoms with Crippen LogP contribution in [0.15, 0.2) is 0 Å². The average Bonchev–Trinajstić information content (AvgIpc) is 2.18. The largest absolute Gasteiger partial charge is 0.481 e. The molecule has 1 rings (SSSR count). The molecule has 80 valence electrons. The second-order valence-corrected chi connectivity index (χ2v) is 3.40. The van der Waals surface area contributed by atoms with Crippen molar-refractivity contribution in [1.82, 2.24) is 0 Å². The molecule has 0 aromatic rings. The lowest BCUT2D eigenvalue weighted by atomic mass is 9.79. The van der Waals surface area contributed by atoms with Crippen molar-refractivity contribution in [2.75, 3.05) is 7.11 Å². The first-order valence-electron chi connectivity index (χ1n) is 4.64. The van der Waals surface area contributed by atoms with Gasteiger partial charge in [-0.25, -0.2) is 4.79 Å². The zero-order chi connectivity index (χ0) is 10.6. The molecule has 1 N–H and O–H groups in total. The third-order valence-electron chi connectivity index (χ3n) is 2.55. The van der Waals surface area contributed by atoms with Gasteiger partial charge >= 0.3 is 11.9 Å². The van der Waals surface area contributed by atoms with Crippen molar-refractivity contribution in [2.24, 2.45) is 11.8 Å². The maximum absolute atomic E-state index is 11.3. The molecule has 0 saturated heterocycles. The molecule has 0 bridgehead atoms. The van der Waals surface area contributed by atoms with E-state index >= 15 is 0 Å². The SMILES string of the molecule is COOC(=O)C1CCCCC1C(=O)O. The third-order valence-corrected chi connectivity index (χ3v) is 2.55. The Morgan fingerprint density at radius 3 is 2.29 bits per heavy atom. The quantitative estimate of drug-likeness (QED) is 0.545. The van der Waals surface area contributed by atoms with Gasteiger partial charge in [0.25, 0.3) is 0 Å². The minimum absolute atomic E-state index is 0.540. The summed E-state index contributed by atoms with van der Waals surface area (Å²) in [7, 11) is 1.23. The van der Waals surface area contributed by atoms with E-state index in [1.807, 2.05) is 0 Å². The summed E-state index contributed by atoms with van der Waals surface area (Å²) in [4.78, 5) is 30.7. The van der Waals surface area contributed by atoms with Crippen molar-refractivity contribution in [3.8, 4) is 0 Å². The summed E-state index contributed by atoms with van der Waals surface area (Å²) >= 11 is 0. The molecule has 0 heterocycles.